The fraction of sp³-hybridized carbons (Fsp3) is 0.308. The Bertz CT molecular complexity index is 540. The highest BCUT2D eigenvalue weighted by Crippen LogP contribution is 2.29. The minimum Gasteiger partial charge on any atom is -0.506 e. The Kier molecular flexibility index (Phi) is 2.69. The molecule has 0 saturated carbocycles. The Morgan fingerprint density at radius 2 is 2.19 bits per heavy atom. The quantitative estimate of drug-likeness (QED) is 0.858. The van der Waals surface area contributed by atoms with Gasteiger partial charge in [0, 0.05) is 24.5 Å². The molecular formula is C13H15NO2. The van der Waals surface area contributed by atoms with Crippen molar-refractivity contribution in [1.29, 1.82) is 0 Å². The number of phenolic OH excluding ortho intramolecular Hbond substituents is 1. The number of hydrogen-bond donors (Lipinski definition) is 1. The molecule has 0 aliphatic heterocycles. The Labute approximate surface area is 94.3 Å². The fourth-order valence-corrected chi connectivity index (χ4v) is 2.07. The number of aryl methyl sites for hydroxylation is 1. The number of rotatable bonds is 3. The zero-order valence-electron chi connectivity index (χ0n) is 9.53. The third-order valence-corrected chi connectivity index (χ3v) is 2.74. The average Bonchev–Trinajstić information content (AvgIpc) is 2.57. The van der Waals surface area contributed by atoms with E-state index >= 15 is 0 Å². The molecule has 0 amide bonds. The van der Waals surface area contributed by atoms with Crippen LogP contribution >= 0.6 is 0 Å². The highest BCUT2D eigenvalue weighted by Gasteiger charge is 2.11. The van der Waals surface area contributed by atoms with Crippen LogP contribution < -0.4 is 0 Å². The molecule has 3 heteroatoms. The second kappa shape index (κ2) is 4.00. The number of aromatic hydroxyl groups is 1. The summed E-state index contributed by atoms with van der Waals surface area (Å²) in [6, 6.07) is 5.42. The predicted molar refractivity (Wildman–Crippen MR) is 63.7 cm³/mol. The molecule has 1 aromatic heterocycles. The first kappa shape index (κ1) is 10.7. The van der Waals surface area contributed by atoms with Crippen LogP contribution in [0.1, 0.15) is 19.4 Å². The third kappa shape index (κ3) is 1.69. The smallest absolute Gasteiger partial charge is 0.139 e. The Hall–Kier alpha value is -1.77. The standard InChI is InChI=1S/C13H15NO2/c1-3-14-8-10(7-9(2)15)11-5-4-6-12(16)13(11)14/h4-6,8,16H,3,7H2,1-2H3. The van der Waals surface area contributed by atoms with Crippen LogP contribution in [-0.4, -0.2) is 15.5 Å². The van der Waals surface area contributed by atoms with Crippen molar-refractivity contribution >= 4 is 16.7 Å². The molecule has 2 aromatic rings. The zero-order valence-corrected chi connectivity index (χ0v) is 9.53. The molecule has 0 atom stereocenters. The lowest BCUT2D eigenvalue weighted by molar-refractivity contribution is -0.116. The summed E-state index contributed by atoms with van der Waals surface area (Å²) < 4.78 is 1.98. The van der Waals surface area contributed by atoms with Crippen molar-refractivity contribution < 1.29 is 9.90 Å². The van der Waals surface area contributed by atoms with Crippen molar-refractivity contribution in [2.45, 2.75) is 26.8 Å². The molecule has 0 radical (unpaired) electrons. The number of benzene rings is 1. The molecular weight excluding hydrogens is 202 g/mol. The highest BCUT2D eigenvalue weighted by atomic mass is 16.3. The van der Waals surface area contributed by atoms with E-state index in [2.05, 4.69) is 0 Å². The van der Waals surface area contributed by atoms with Crippen LogP contribution in [0.2, 0.25) is 0 Å². The second-order valence-electron chi connectivity index (χ2n) is 3.99. The minimum absolute atomic E-state index is 0.137. The first-order valence-electron chi connectivity index (χ1n) is 5.42. The summed E-state index contributed by atoms with van der Waals surface area (Å²) in [5, 5.41) is 10.8. The van der Waals surface area contributed by atoms with Crippen molar-refractivity contribution in [2.75, 3.05) is 0 Å². The van der Waals surface area contributed by atoms with Gasteiger partial charge in [-0.05, 0) is 25.5 Å². The lowest BCUT2D eigenvalue weighted by Crippen LogP contribution is -1.95. The molecule has 0 bridgehead atoms. The van der Waals surface area contributed by atoms with Gasteiger partial charge in [0.15, 0.2) is 0 Å². The third-order valence-electron chi connectivity index (χ3n) is 2.74. The predicted octanol–water partition coefficient (Wildman–Crippen LogP) is 2.50. The summed E-state index contributed by atoms with van der Waals surface area (Å²) in [7, 11) is 0. The summed E-state index contributed by atoms with van der Waals surface area (Å²) in [5.74, 6) is 0.410. The van der Waals surface area contributed by atoms with Crippen molar-refractivity contribution in [1.82, 2.24) is 4.57 Å². The number of Topliss-reactive ketones (excluding diaryl/α,β-unsaturated/α-hetero) is 1. The summed E-state index contributed by atoms with van der Waals surface area (Å²) in [5.41, 5.74) is 1.81. The molecule has 16 heavy (non-hydrogen) atoms. The maximum absolute atomic E-state index is 11.2. The van der Waals surface area contributed by atoms with Gasteiger partial charge in [-0.15, -0.1) is 0 Å². The highest BCUT2D eigenvalue weighted by molar-refractivity contribution is 5.92. The topological polar surface area (TPSA) is 42.2 Å². The van der Waals surface area contributed by atoms with E-state index in [-0.39, 0.29) is 11.5 Å². The molecule has 1 aromatic carbocycles. The average molecular weight is 217 g/mol. The monoisotopic (exact) mass is 217 g/mol. The second-order valence-corrected chi connectivity index (χ2v) is 3.99. The number of phenols is 1. The Balaban J connectivity index is 2.68. The van der Waals surface area contributed by atoms with E-state index in [1.807, 2.05) is 23.8 Å². The van der Waals surface area contributed by atoms with Crippen LogP contribution in [0.15, 0.2) is 24.4 Å². The molecule has 0 fully saturated rings. The summed E-state index contributed by atoms with van der Waals surface area (Å²) >= 11 is 0. The molecule has 0 spiro atoms. The van der Waals surface area contributed by atoms with Gasteiger partial charge in [-0.1, -0.05) is 12.1 Å². The van der Waals surface area contributed by atoms with E-state index in [0.29, 0.717) is 6.42 Å². The SMILES string of the molecule is CCn1cc(CC(C)=O)c2cccc(O)c21. The van der Waals surface area contributed by atoms with Gasteiger partial charge >= 0.3 is 0 Å². The minimum atomic E-state index is 0.137. The number of carbonyl (C=O) groups excluding carboxylic acids is 1. The lowest BCUT2D eigenvalue weighted by Gasteiger charge is -2.01. The van der Waals surface area contributed by atoms with E-state index in [9.17, 15) is 9.90 Å². The van der Waals surface area contributed by atoms with E-state index < -0.39 is 0 Å². The fourth-order valence-electron chi connectivity index (χ4n) is 2.07. The van der Waals surface area contributed by atoms with E-state index in [4.69, 9.17) is 0 Å². The van der Waals surface area contributed by atoms with Crippen molar-refractivity contribution in [3.63, 3.8) is 0 Å². The molecule has 0 aliphatic rings. The molecule has 2 rings (SSSR count). The molecule has 1 heterocycles. The van der Waals surface area contributed by atoms with Gasteiger partial charge in [0.2, 0.25) is 0 Å². The molecule has 1 N–H and O–H groups in total. The Morgan fingerprint density at radius 1 is 1.44 bits per heavy atom. The Morgan fingerprint density at radius 3 is 2.81 bits per heavy atom. The maximum Gasteiger partial charge on any atom is 0.139 e. The zero-order chi connectivity index (χ0) is 11.7. The summed E-state index contributed by atoms with van der Waals surface area (Å²) in [6.45, 7) is 4.38. The number of carbonyl (C=O) groups is 1. The summed E-state index contributed by atoms with van der Waals surface area (Å²) in [6.07, 6.45) is 2.37. The summed E-state index contributed by atoms with van der Waals surface area (Å²) in [4.78, 5) is 11.2. The van der Waals surface area contributed by atoms with Crippen LogP contribution in [0, 0.1) is 0 Å². The lowest BCUT2D eigenvalue weighted by atomic mass is 10.1. The van der Waals surface area contributed by atoms with Gasteiger partial charge in [0.05, 0.1) is 5.52 Å². The van der Waals surface area contributed by atoms with Gasteiger partial charge in [0.25, 0.3) is 0 Å². The first-order valence-corrected chi connectivity index (χ1v) is 5.42. The maximum atomic E-state index is 11.2. The molecule has 0 saturated heterocycles. The van der Waals surface area contributed by atoms with Gasteiger partial charge in [-0.25, -0.2) is 0 Å². The molecule has 3 nitrogen and oxygen atoms in total. The van der Waals surface area contributed by atoms with Gasteiger partial charge in [-0.2, -0.15) is 0 Å². The van der Waals surface area contributed by atoms with Gasteiger partial charge in [-0.3, -0.25) is 4.79 Å². The number of fused-ring (bicyclic) bond motifs is 1. The first-order chi connectivity index (χ1) is 7.63. The van der Waals surface area contributed by atoms with Crippen LogP contribution in [0.5, 0.6) is 5.75 Å². The molecule has 84 valence electrons. The van der Waals surface area contributed by atoms with Crippen LogP contribution in [0.3, 0.4) is 0 Å². The van der Waals surface area contributed by atoms with Crippen molar-refractivity contribution in [3.05, 3.63) is 30.0 Å². The molecule has 0 aliphatic carbocycles. The number of ketones is 1. The van der Waals surface area contributed by atoms with Gasteiger partial charge < -0.3 is 9.67 Å². The van der Waals surface area contributed by atoms with Crippen molar-refractivity contribution in [2.24, 2.45) is 0 Å². The number of hydrogen-bond acceptors (Lipinski definition) is 2. The normalized spacial score (nSPS) is 10.9. The van der Waals surface area contributed by atoms with Crippen molar-refractivity contribution in [3.8, 4) is 5.75 Å². The van der Waals surface area contributed by atoms with E-state index in [0.717, 1.165) is 23.0 Å². The number of aromatic nitrogens is 1. The van der Waals surface area contributed by atoms with Gasteiger partial charge in [0.1, 0.15) is 11.5 Å². The van der Waals surface area contributed by atoms with Crippen LogP contribution in [-0.2, 0) is 17.8 Å². The number of nitrogens with zero attached hydrogens (tertiary/aromatic N) is 1. The largest absolute Gasteiger partial charge is 0.506 e. The van der Waals surface area contributed by atoms with Crippen LogP contribution in [0.25, 0.3) is 10.9 Å². The van der Waals surface area contributed by atoms with E-state index in [1.165, 1.54) is 0 Å². The molecule has 0 unspecified atom stereocenters. The van der Waals surface area contributed by atoms with Crippen LogP contribution in [0.4, 0.5) is 0 Å². The van der Waals surface area contributed by atoms with E-state index in [1.54, 1.807) is 19.1 Å². The number of para-hydroxylation sites is 1.